The molecule has 0 fully saturated rings. The number of Topliss-reactive ketones (excluding diaryl/α,β-unsaturated/α-hetero) is 1. The predicted octanol–water partition coefficient (Wildman–Crippen LogP) is 2.42. The van der Waals surface area contributed by atoms with Gasteiger partial charge in [-0.2, -0.15) is 5.26 Å². The van der Waals surface area contributed by atoms with E-state index in [9.17, 15) is 4.79 Å². The van der Waals surface area contributed by atoms with Crippen LogP contribution in [0.25, 0.3) is 0 Å². The number of nitriles is 1. The van der Waals surface area contributed by atoms with Crippen molar-refractivity contribution in [3.63, 3.8) is 0 Å². The smallest absolute Gasteiger partial charge is 0.165 e. The van der Waals surface area contributed by atoms with Crippen molar-refractivity contribution in [2.75, 3.05) is 7.11 Å². The first kappa shape index (κ1) is 10.6. The van der Waals surface area contributed by atoms with Gasteiger partial charge in [0.05, 0.1) is 23.3 Å². The van der Waals surface area contributed by atoms with Crippen molar-refractivity contribution in [2.24, 2.45) is 0 Å². The minimum Gasteiger partial charge on any atom is -0.495 e. The molecule has 0 aliphatic carbocycles. The highest BCUT2D eigenvalue weighted by molar-refractivity contribution is 6.34. The van der Waals surface area contributed by atoms with Crippen molar-refractivity contribution in [3.05, 3.63) is 28.3 Å². The maximum atomic E-state index is 11.2. The van der Waals surface area contributed by atoms with E-state index >= 15 is 0 Å². The Bertz CT molecular complexity index is 421. The lowest BCUT2D eigenvalue weighted by molar-refractivity contribution is 0.101. The van der Waals surface area contributed by atoms with E-state index in [-0.39, 0.29) is 17.1 Å². The summed E-state index contributed by atoms with van der Waals surface area (Å²) in [6, 6.07) is 4.97. The van der Waals surface area contributed by atoms with Crippen LogP contribution in [-0.2, 0) is 0 Å². The summed E-state index contributed by atoms with van der Waals surface area (Å²) in [6.07, 6.45) is 0. The Morgan fingerprint density at radius 3 is 2.64 bits per heavy atom. The van der Waals surface area contributed by atoms with Crippen molar-refractivity contribution in [1.82, 2.24) is 0 Å². The van der Waals surface area contributed by atoms with Crippen LogP contribution in [0.1, 0.15) is 22.8 Å². The van der Waals surface area contributed by atoms with E-state index in [1.807, 2.05) is 6.07 Å². The van der Waals surface area contributed by atoms with Gasteiger partial charge in [0.2, 0.25) is 0 Å². The molecule has 0 bridgehead atoms. The van der Waals surface area contributed by atoms with Gasteiger partial charge in [0.15, 0.2) is 5.78 Å². The number of carbonyl (C=O) groups is 1. The van der Waals surface area contributed by atoms with Gasteiger partial charge >= 0.3 is 0 Å². The van der Waals surface area contributed by atoms with Gasteiger partial charge in [-0.05, 0) is 19.1 Å². The molecule has 0 radical (unpaired) electrons. The maximum absolute atomic E-state index is 11.2. The molecule has 1 aromatic carbocycles. The fourth-order valence-electron chi connectivity index (χ4n) is 1.19. The number of halogens is 1. The van der Waals surface area contributed by atoms with Crippen LogP contribution < -0.4 is 4.74 Å². The second kappa shape index (κ2) is 4.12. The lowest BCUT2D eigenvalue weighted by Crippen LogP contribution is -2.00. The molecule has 1 aromatic rings. The molecule has 0 heterocycles. The zero-order valence-electron chi connectivity index (χ0n) is 7.80. The van der Waals surface area contributed by atoms with Crippen LogP contribution in [0.2, 0.25) is 5.02 Å². The summed E-state index contributed by atoms with van der Waals surface area (Å²) in [5.41, 5.74) is 0.565. The molecular formula is C10H8ClNO2. The number of nitrogens with zero attached hydrogens (tertiary/aromatic N) is 1. The van der Waals surface area contributed by atoms with E-state index in [1.165, 1.54) is 26.2 Å². The quantitative estimate of drug-likeness (QED) is 0.703. The molecule has 0 unspecified atom stereocenters. The first-order valence-corrected chi connectivity index (χ1v) is 4.27. The first-order chi connectivity index (χ1) is 6.61. The second-order valence-electron chi connectivity index (χ2n) is 2.67. The molecule has 0 spiro atoms. The van der Waals surface area contributed by atoms with E-state index in [0.717, 1.165) is 0 Å². The van der Waals surface area contributed by atoms with Crippen LogP contribution in [0.5, 0.6) is 5.75 Å². The summed E-state index contributed by atoms with van der Waals surface area (Å²) in [5.74, 6) is 0.0245. The lowest BCUT2D eigenvalue weighted by Gasteiger charge is -2.08. The molecule has 0 amide bonds. The highest BCUT2D eigenvalue weighted by Crippen LogP contribution is 2.30. The Kier molecular flexibility index (Phi) is 3.10. The van der Waals surface area contributed by atoms with Crippen molar-refractivity contribution in [1.29, 1.82) is 5.26 Å². The average molecular weight is 210 g/mol. The van der Waals surface area contributed by atoms with Gasteiger partial charge in [-0.15, -0.1) is 0 Å². The third-order valence-corrected chi connectivity index (χ3v) is 2.10. The normalized spacial score (nSPS) is 9.29. The monoisotopic (exact) mass is 209 g/mol. The number of hydrogen-bond donors (Lipinski definition) is 0. The van der Waals surface area contributed by atoms with Crippen LogP contribution in [0.15, 0.2) is 12.1 Å². The van der Waals surface area contributed by atoms with Crippen LogP contribution in [0, 0.1) is 11.3 Å². The van der Waals surface area contributed by atoms with E-state index in [4.69, 9.17) is 21.6 Å². The van der Waals surface area contributed by atoms with Crippen molar-refractivity contribution < 1.29 is 9.53 Å². The number of ether oxygens (including phenoxy) is 1. The Morgan fingerprint density at radius 2 is 2.21 bits per heavy atom. The minimum absolute atomic E-state index is 0.219. The summed E-state index contributed by atoms with van der Waals surface area (Å²) >= 11 is 5.82. The molecule has 0 aliphatic rings. The van der Waals surface area contributed by atoms with Crippen LogP contribution >= 0.6 is 11.6 Å². The zero-order chi connectivity index (χ0) is 10.7. The molecule has 0 atom stereocenters. The largest absolute Gasteiger partial charge is 0.495 e. The number of ketones is 1. The van der Waals surface area contributed by atoms with Gasteiger partial charge in [0.1, 0.15) is 11.8 Å². The van der Waals surface area contributed by atoms with E-state index in [2.05, 4.69) is 0 Å². The predicted molar refractivity (Wildman–Crippen MR) is 52.7 cm³/mol. The molecular weight excluding hydrogens is 202 g/mol. The molecule has 0 saturated carbocycles. The van der Waals surface area contributed by atoms with Crippen LogP contribution in [0.4, 0.5) is 0 Å². The number of carbonyl (C=O) groups excluding carboxylic acids is 1. The Hall–Kier alpha value is -1.53. The van der Waals surface area contributed by atoms with Gasteiger partial charge in [-0.1, -0.05) is 11.6 Å². The van der Waals surface area contributed by atoms with Gasteiger partial charge in [0.25, 0.3) is 0 Å². The van der Waals surface area contributed by atoms with Crippen molar-refractivity contribution >= 4 is 17.4 Å². The molecule has 0 N–H and O–H groups in total. The molecule has 14 heavy (non-hydrogen) atoms. The molecule has 1 rings (SSSR count). The summed E-state index contributed by atoms with van der Waals surface area (Å²) < 4.78 is 4.98. The summed E-state index contributed by atoms with van der Waals surface area (Å²) in [4.78, 5) is 11.2. The van der Waals surface area contributed by atoms with E-state index in [0.29, 0.717) is 10.6 Å². The van der Waals surface area contributed by atoms with Gasteiger partial charge in [-0.3, -0.25) is 4.79 Å². The van der Waals surface area contributed by atoms with Gasteiger partial charge < -0.3 is 4.74 Å². The standard InChI is InChI=1S/C10H8ClNO2/c1-6(13)9-8(11)4-3-7(5-12)10(9)14-2/h3-4H,1-2H3. The van der Waals surface area contributed by atoms with Gasteiger partial charge in [0, 0.05) is 0 Å². The third kappa shape index (κ3) is 1.70. The molecule has 0 aliphatic heterocycles. The number of benzene rings is 1. The summed E-state index contributed by atoms with van der Waals surface area (Å²) in [5, 5.41) is 9.06. The molecule has 3 nitrogen and oxygen atoms in total. The van der Waals surface area contributed by atoms with Crippen molar-refractivity contribution in [2.45, 2.75) is 6.92 Å². The second-order valence-corrected chi connectivity index (χ2v) is 3.08. The number of hydrogen-bond acceptors (Lipinski definition) is 3. The van der Waals surface area contributed by atoms with Gasteiger partial charge in [-0.25, -0.2) is 0 Å². The SMILES string of the molecule is COc1c(C#N)ccc(Cl)c1C(C)=O. The zero-order valence-corrected chi connectivity index (χ0v) is 8.55. The Labute approximate surface area is 86.9 Å². The average Bonchev–Trinajstić information content (AvgIpc) is 2.16. The highest BCUT2D eigenvalue weighted by Gasteiger charge is 2.16. The molecule has 0 saturated heterocycles. The van der Waals surface area contributed by atoms with E-state index < -0.39 is 0 Å². The fourth-order valence-corrected chi connectivity index (χ4v) is 1.47. The Balaban J connectivity index is 3.53. The molecule has 72 valence electrons. The van der Waals surface area contributed by atoms with E-state index in [1.54, 1.807) is 0 Å². The summed E-state index contributed by atoms with van der Waals surface area (Å²) in [7, 11) is 1.40. The third-order valence-electron chi connectivity index (χ3n) is 1.78. The first-order valence-electron chi connectivity index (χ1n) is 3.89. The topological polar surface area (TPSA) is 50.1 Å². The molecule has 4 heteroatoms. The molecule has 0 aromatic heterocycles. The summed E-state index contributed by atoms with van der Waals surface area (Å²) in [6.45, 7) is 1.38. The highest BCUT2D eigenvalue weighted by atomic mass is 35.5. The number of methoxy groups -OCH3 is 1. The minimum atomic E-state index is -0.219. The lowest BCUT2D eigenvalue weighted by atomic mass is 10.1. The van der Waals surface area contributed by atoms with Crippen LogP contribution in [0.3, 0.4) is 0 Å². The Morgan fingerprint density at radius 1 is 1.57 bits per heavy atom. The van der Waals surface area contributed by atoms with Crippen LogP contribution in [-0.4, -0.2) is 12.9 Å². The maximum Gasteiger partial charge on any atom is 0.165 e. The van der Waals surface area contributed by atoms with Crippen molar-refractivity contribution in [3.8, 4) is 11.8 Å². The number of rotatable bonds is 2. The fraction of sp³-hybridized carbons (Fsp3) is 0.200.